The standard InChI is InChI=1S/C18H17N3O3S2/c1-12-15(26-16(19-12)13-4-10-25-11-13)18(23)21-7-5-20(6-8-21)17(22)14-3-2-9-24-14/h2-4,9-11H,5-8H2,1H3. The number of aryl methyl sites for hydroxylation is 1. The van der Waals surface area contributed by atoms with Crippen molar-refractivity contribution < 1.29 is 14.0 Å². The number of amides is 2. The summed E-state index contributed by atoms with van der Waals surface area (Å²) in [7, 11) is 0. The Balaban J connectivity index is 1.43. The van der Waals surface area contributed by atoms with Crippen molar-refractivity contribution in [2.24, 2.45) is 0 Å². The molecule has 0 spiro atoms. The molecule has 3 aromatic heterocycles. The number of piperazine rings is 1. The van der Waals surface area contributed by atoms with Gasteiger partial charge in [-0.2, -0.15) is 11.3 Å². The first kappa shape index (κ1) is 17.0. The van der Waals surface area contributed by atoms with Crippen molar-refractivity contribution in [2.75, 3.05) is 26.2 Å². The molecule has 8 heteroatoms. The van der Waals surface area contributed by atoms with Gasteiger partial charge in [-0.15, -0.1) is 11.3 Å². The van der Waals surface area contributed by atoms with Gasteiger partial charge in [0, 0.05) is 37.1 Å². The number of carbonyl (C=O) groups is 2. The lowest BCUT2D eigenvalue weighted by atomic mass is 10.2. The SMILES string of the molecule is Cc1nc(-c2ccsc2)sc1C(=O)N1CCN(C(=O)c2ccco2)CC1. The number of rotatable bonds is 3. The summed E-state index contributed by atoms with van der Waals surface area (Å²) in [6.45, 7) is 3.89. The predicted molar refractivity (Wildman–Crippen MR) is 101 cm³/mol. The molecular formula is C18H17N3O3S2. The molecule has 0 atom stereocenters. The highest BCUT2D eigenvalue weighted by molar-refractivity contribution is 7.17. The number of hydrogen-bond acceptors (Lipinski definition) is 6. The van der Waals surface area contributed by atoms with Gasteiger partial charge in [-0.05, 0) is 30.5 Å². The molecule has 26 heavy (non-hydrogen) atoms. The van der Waals surface area contributed by atoms with Gasteiger partial charge in [0.15, 0.2) is 5.76 Å². The van der Waals surface area contributed by atoms with Crippen LogP contribution in [0, 0.1) is 6.92 Å². The fourth-order valence-electron chi connectivity index (χ4n) is 2.92. The van der Waals surface area contributed by atoms with E-state index in [1.54, 1.807) is 33.3 Å². The van der Waals surface area contributed by atoms with E-state index in [1.165, 1.54) is 17.6 Å². The summed E-state index contributed by atoms with van der Waals surface area (Å²) in [5, 5.41) is 4.91. The highest BCUT2D eigenvalue weighted by Gasteiger charge is 2.28. The lowest BCUT2D eigenvalue weighted by molar-refractivity contribution is 0.0520. The van der Waals surface area contributed by atoms with E-state index in [0.717, 1.165) is 16.3 Å². The summed E-state index contributed by atoms with van der Waals surface area (Å²) in [6.07, 6.45) is 1.49. The molecule has 134 valence electrons. The Kier molecular flexibility index (Phi) is 4.60. The van der Waals surface area contributed by atoms with Crippen molar-refractivity contribution in [3.05, 3.63) is 51.6 Å². The minimum absolute atomic E-state index is 0.00780. The van der Waals surface area contributed by atoms with Gasteiger partial charge in [0.2, 0.25) is 0 Å². The van der Waals surface area contributed by atoms with E-state index in [4.69, 9.17) is 4.42 Å². The second kappa shape index (κ2) is 7.05. The largest absolute Gasteiger partial charge is 0.459 e. The van der Waals surface area contributed by atoms with Gasteiger partial charge < -0.3 is 14.2 Å². The first-order valence-electron chi connectivity index (χ1n) is 8.25. The van der Waals surface area contributed by atoms with E-state index in [9.17, 15) is 9.59 Å². The average Bonchev–Trinajstić information content (AvgIpc) is 3.41. The molecule has 4 rings (SSSR count). The van der Waals surface area contributed by atoms with Crippen molar-refractivity contribution in [3.8, 4) is 10.6 Å². The zero-order valence-corrected chi connectivity index (χ0v) is 15.8. The Morgan fingerprint density at radius 2 is 1.85 bits per heavy atom. The number of carbonyl (C=O) groups excluding carboxylic acids is 2. The van der Waals surface area contributed by atoms with E-state index >= 15 is 0 Å². The average molecular weight is 387 g/mol. The molecule has 0 aromatic carbocycles. The molecule has 0 N–H and O–H groups in total. The summed E-state index contributed by atoms with van der Waals surface area (Å²) in [5.41, 5.74) is 1.81. The number of furan rings is 1. The molecule has 0 saturated carbocycles. The van der Waals surface area contributed by atoms with Crippen LogP contribution in [0.4, 0.5) is 0 Å². The second-order valence-corrected chi connectivity index (χ2v) is 7.79. The van der Waals surface area contributed by atoms with Crippen LogP contribution in [0.3, 0.4) is 0 Å². The molecule has 2 amide bonds. The lowest BCUT2D eigenvalue weighted by Gasteiger charge is -2.34. The van der Waals surface area contributed by atoms with Crippen LogP contribution in [-0.2, 0) is 0 Å². The summed E-state index contributed by atoms with van der Waals surface area (Å²) < 4.78 is 5.17. The Hall–Kier alpha value is -2.45. The minimum atomic E-state index is -0.129. The Morgan fingerprint density at radius 1 is 1.12 bits per heavy atom. The Labute approximate surface area is 158 Å². The molecule has 6 nitrogen and oxygen atoms in total. The molecule has 4 heterocycles. The van der Waals surface area contributed by atoms with Gasteiger partial charge in [0.25, 0.3) is 11.8 Å². The van der Waals surface area contributed by atoms with E-state index in [2.05, 4.69) is 4.98 Å². The number of thiazole rings is 1. The minimum Gasteiger partial charge on any atom is -0.459 e. The lowest BCUT2D eigenvalue weighted by Crippen LogP contribution is -2.50. The maximum atomic E-state index is 12.9. The second-order valence-electron chi connectivity index (χ2n) is 6.01. The highest BCUT2D eigenvalue weighted by Crippen LogP contribution is 2.30. The smallest absolute Gasteiger partial charge is 0.289 e. The molecular weight excluding hydrogens is 370 g/mol. The molecule has 0 unspecified atom stereocenters. The fourth-order valence-corrected chi connectivity index (χ4v) is 4.66. The maximum Gasteiger partial charge on any atom is 0.289 e. The van der Waals surface area contributed by atoms with Gasteiger partial charge >= 0.3 is 0 Å². The summed E-state index contributed by atoms with van der Waals surface area (Å²) in [5.74, 6) is 0.200. The van der Waals surface area contributed by atoms with Crippen molar-refractivity contribution in [1.29, 1.82) is 0 Å². The summed E-state index contributed by atoms with van der Waals surface area (Å²) in [4.78, 5) is 33.9. The first-order chi connectivity index (χ1) is 12.6. The maximum absolute atomic E-state index is 12.9. The third-order valence-electron chi connectivity index (χ3n) is 4.35. The van der Waals surface area contributed by atoms with Crippen LogP contribution in [0.5, 0.6) is 0 Å². The van der Waals surface area contributed by atoms with Gasteiger partial charge in [-0.25, -0.2) is 4.98 Å². The van der Waals surface area contributed by atoms with Crippen LogP contribution in [0.15, 0.2) is 39.6 Å². The van der Waals surface area contributed by atoms with Gasteiger partial charge in [-0.1, -0.05) is 0 Å². The third-order valence-corrected chi connectivity index (χ3v) is 6.22. The van der Waals surface area contributed by atoms with Gasteiger partial charge in [0.1, 0.15) is 9.88 Å². The van der Waals surface area contributed by atoms with Gasteiger partial charge in [-0.3, -0.25) is 9.59 Å². The number of aromatic nitrogens is 1. The molecule has 0 radical (unpaired) electrons. The van der Waals surface area contributed by atoms with Crippen LogP contribution in [-0.4, -0.2) is 52.8 Å². The Bertz CT molecular complexity index is 908. The number of thiophene rings is 1. The van der Waals surface area contributed by atoms with Crippen molar-refractivity contribution >= 4 is 34.5 Å². The zero-order valence-electron chi connectivity index (χ0n) is 14.2. The molecule has 1 fully saturated rings. The van der Waals surface area contributed by atoms with E-state index < -0.39 is 0 Å². The molecule has 0 aliphatic carbocycles. The van der Waals surface area contributed by atoms with Gasteiger partial charge in [0.05, 0.1) is 12.0 Å². The summed E-state index contributed by atoms with van der Waals surface area (Å²) >= 11 is 3.05. The predicted octanol–water partition coefficient (Wildman–Crippen LogP) is 3.37. The van der Waals surface area contributed by atoms with Crippen LogP contribution < -0.4 is 0 Å². The van der Waals surface area contributed by atoms with Crippen LogP contribution in [0.1, 0.15) is 25.9 Å². The van der Waals surface area contributed by atoms with E-state index in [0.29, 0.717) is 36.8 Å². The quantitative estimate of drug-likeness (QED) is 0.691. The summed E-state index contributed by atoms with van der Waals surface area (Å²) in [6, 6.07) is 5.37. The molecule has 1 aliphatic heterocycles. The van der Waals surface area contributed by atoms with Crippen LogP contribution in [0.25, 0.3) is 10.6 Å². The molecule has 0 bridgehead atoms. The Morgan fingerprint density at radius 3 is 2.46 bits per heavy atom. The number of nitrogens with zero attached hydrogens (tertiary/aromatic N) is 3. The normalized spacial score (nSPS) is 14.7. The third kappa shape index (κ3) is 3.17. The number of hydrogen-bond donors (Lipinski definition) is 0. The zero-order chi connectivity index (χ0) is 18.1. The topological polar surface area (TPSA) is 66.7 Å². The van der Waals surface area contributed by atoms with E-state index in [1.807, 2.05) is 23.8 Å². The molecule has 1 aliphatic rings. The highest BCUT2D eigenvalue weighted by atomic mass is 32.1. The van der Waals surface area contributed by atoms with Crippen molar-refractivity contribution in [3.63, 3.8) is 0 Å². The fraction of sp³-hybridized carbons (Fsp3) is 0.278. The molecule has 1 saturated heterocycles. The van der Waals surface area contributed by atoms with Crippen molar-refractivity contribution in [2.45, 2.75) is 6.92 Å². The monoisotopic (exact) mass is 387 g/mol. The van der Waals surface area contributed by atoms with Crippen molar-refractivity contribution in [1.82, 2.24) is 14.8 Å². The molecule has 3 aromatic rings. The van der Waals surface area contributed by atoms with Crippen LogP contribution >= 0.6 is 22.7 Å². The van der Waals surface area contributed by atoms with E-state index in [-0.39, 0.29) is 11.8 Å². The van der Waals surface area contributed by atoms with Crippen LogP contribution in [0.2, 0.25) is 0 Å². The first-order valence-corrected chi connectivity index (χ1v) is 10.0.